The second-order valence-electron chi connectivity index (χ2n) is 4.99. The molecule has 1 saturated carbocycles. The number of fused-ring (bicyclic) bond motifs is 2. The largest absolute Gasteiger partial charge is 0.373 e. The fourth-order valence-corrected chi connectivity index (χ4v) is 4.06. The van der Waals surface area contributed by atoms with Crippen LogP contribution in [0, 0.1) is 11.3 Å². The highest BCUT2D eigenvalue weighted by atomic mass is 32.2. The highest BCUT2D eigenvalue weighted by Crippen LogP contribution is 2.57. The molecule has 0 aromatic heterocycles. The van der Waals surface area contributed by atoms with Crippen molar-refractivity contribution < 1.29 is 17.7 Å². The third-order valence-electron chi connectivity index (χ3n) is 4.07. The number of rotatable bonds is 2. The minimum absolute atomic E-state index is 0.136. The molecule has 2 unspecified atom stereocenters. The molecule has 0 aromatic carbocycles. The second kappa shape index (κ2) is 2.71. The fourth-order valence-electron chi connectivity index (χ4n) is 2.87. The van der Waals surface area contributed by atoms with Crippen LogP contribution in [0.15, 0.2) is 0 Å². The number of ether oxygens (including phenoxy) is 1. The monoisotopic (exact) mass is 220 g/mol. The molecular weight excluding hydrogens is 204 g/mol. The van der Waals surface area contributed by atoms with Crippen molar-refractivity contribution in [1.29, 1.82) is 0 Å². The quantitative estimate of drug-likeness (QED) is 0.707. The summed E-state index contributed by atoms with van der Waals surface area (Å²) in [5.41, 5.74) is -0.784. The smallest absolute Gasteiger partial charge is 0.267 e. The van der Waals surface area contributed by atoms with Gasteiger partial charge >= 0.3 is 0 Å². The van der Waals surface area contributed by atoms with Crippen LogP contribution in [-0.4, -0.2) is 30.9 Å². The number of hydrogen-bond acceptors (Lipinski definition) is 3. The normalized spacial score (nSPS) is 40.4. The predicted octanol–water partition coefficient (Wildman–Crippen LogP) is 1.08. The van der Waals surface area contributed by atoms with E-state index in [2.05, 4.69) is 0 Å². The first kappa shape index (κ1) is 10.4. The summed E-state index contributed by atoms with van der Waals surface area (Å²) in [6.07, 6.45) is 1.74. The van der Waals surface area contributed by atoms with Crippen molar-refractivity contribution in [3.63, 3.8) is 0 Å². The Kier molecular flexibility index (Phi) is 2.01. The molecule has 2 atom stereocenters. The van der Waals surface area contributed by atoms with Crippen LogP contribution < -0.4 is 0 Å². The van der Waals surface area contributed by atoms with E-state index in [1.54, 1.807) is 0 Å². The highest BCUT2D eigenvalue weighted by Gasteiger charge is 2.61. The number of hydrogen-bond donors (Lipinski definition) is 1. The Bertz CT molecular complexity index is 336. The van der Waals surface area contributed by atoms with Crippen LogP contribution in [0.1, 0.15) is 26.7 Å². The van der Waals surface area contributed by atoms with Gasteiger partial charge in [-0.2, -0.15) is 8.42 Å². The van der Waals surface area contributed by atoms with Crippen LogP contribution in [0.4, 0.5) is 0 Å². The van der Waals surface area contributed by atoms with E-state index in [1.807, 2.05) is 13.8 Å². The van der Waals surface area contributed by atoms with Gasteiger partial charge in [-0.05, 0) is 24.2 Å². The van der Waals surface area contributed by atoms with E-state index < -0.39 is 15.7 Å². The minimum atomic E-state index is -3.95. The summed E-state index contributed by atoms with van der Waals surface area (Å²) in [6.45, 7) is 4.69. The first-order valence-corrected chi connectivity index (χ1v) is 6.47. The maximum Gasteiger partial charge on any atom is 0.267 e. The summed E-state index contributed by atoms with van der Waals surface area (Å²) in [7, 11) is -3.95. The summed E-state index contributed by atoms with van der Waals surface area (Å²) < 4.78 is 36.4. The third kappa shape index (κ3) is 1.30. The van der Waals surface area contributed by atoms with Gasteiger partial charge in [-0.3, -0.25) is 4.55 Å². The zero-order valence-electron chi connectivity index (χ0n) is 8.49. The Balaban J connectivity index is 2.32. The maximum absolute atomic E-state index is 10.9. The molecule has 14 heavy (non-hydrogen) atoms. The van der Waals surface area contributed by atoms with Crippen LogP contribution in [0.5, 0.6) is 0 Å². The van der Waals surface area contributed by atoms with E-state index in [0.29, 0.717) is 12.5 Å². The Morgan fingerprint density at radius 3 is 2.43 bits per heavy atom. The standard InChI is InChI=1S/C9H16O4S/c1-8(2)7-3-4-9(8,13-5-7)6-14(10,11)12/h7H,3-6H2,1-2H3,(H,10,11,12). The average Bonchev–Trinajstić information content (AvgIpc) is 2.34. The van der Waals surface area contributed by atoms with Crippen molar-refractivity contribution in [2.45, 2.75) is 32.3 Å². The van der Waals surface area contributed by atoms with Gasteiger partial charge in [0.05, 0.1) is 12.2 Å². The average molecular weight is 220 g/mol. The maximum atomic E-state index is 10.9. The lowest BCUT2D eigenvalue weighted by atomic mass is 9.76. The molecule has 1 saturated heterocycles. The van der Waals surface area contributed by atoms with Crippen molar-refractivity contribution in [3.8, 4) is 0 Å². The molecule has 2 fully saturated rings. The summed E-state index contributed by atoms with van der Waals surface area (Å²) in [5.74, 6) is 0.174. The van der Waals surface area contributed by atoms with E-state index >= 15 is 0 Å². The molecule has 2 bridgehead atoms. The van der Waals surface area contributed by atoms with Gasteiger partial charge in [0.1, 0.15) is 5.75 Å². The van der Waals surface area contributed by atoms with Crippen LogP contribution in [0.25, 0.3) is 0 Å². The summed E-state index contributed by atoms with van der Waals surface area (Å²) in [4.78, 5) is 0. The van der Waals surface area contributed by atoms with Crippen LogP contribution in [-0.2, 0) is 14.9 Å². The summed E-state index contributed by atoms with van der Waals surface area (Å²) >= 11 is 0. The lowest BCUT2D eigenvalue weighted by Crippen LogP contribution is -2.45. The summed E-state index contributed by atoms with van der Waals surface area (Å²) in [5, 5.41) is 0. The molecule has 5 heteroatoms. The Morgan fingerprint density at radius 1 is 1.50 bits per heavy atom. The predicted molar refractivity (Wildman–Crippen MR) is 51.6 cm³/mol. The van der Waals surface area contributed by atoms with Crippen molar-refractivity contribution >= 4 is 10.1 Å². The Hall–Kier alpha value is -0.130. The molecule has 0 radical (unpaired) electrons. The van der Waals surface area contributed by atoms with Crippen LogP contribution in [0.3, 0.4) is 0 Å². The van der Waals surface area contributed by atoms with Gasteiger partial charge < -0.3 is 4.74 Å². The van der Waals surface area contributed by atoms with E-state index in [0.717, 1.165) is 12.8 Å². The van der Waals surface area contributed by atoms with Crippen molar-refractivity contribution in [2.24, 2.45) is 11.3 Å². The van der Waals surface area contributed by atoms with Gasteiger partial charge in [0.2, 0.25) is 0 Å². The summed E-state index contributed by atoms with van der Waals surface area (Å²) in [6, 6.07) is 0. The molecule has 0 spiro atoms. The molecule has 1 aliphatic carbocycles. The molecule has 2 rings (SSSR count). The molecular formula is C9H16O4S. The minimum Gasteiger partial charge on any atom is -0.373 e. The van der Waals surface area contributed by atoms with Crippen LogP contribution >= 0.6 is 0 Å². The zero-order valence-corrected chi connectivity index (χ0v) is 9.30. The molecule has 4 nitrogen and oxygen atoms in total. The van der Waals surface area contributed by atoms with E-state index in [-0.39, 0.29) is 11.2 Å². The second-order valence-corrected chi connectivity index (χ2v) is 6.44. The first-order valence-electron chi connectivity index (χ1n) is 4.86. The Morgan fingerprint density at radius 2 is 2.14 bits per heavy atom. The lowest BCUT2D eigenvalue weighted by molar-refractivity contribution is -0.0338. The van der Waals surface area contributed by atoms with Gasteiger partial charge in [0, 0.05) is 0 Å². The molecule has 1 N–H and O–H groups in total. The molecule has 2 aliphatic rings. The van der Waals surface area contributed by atoms with Gasteiger partial charge in [-0.15, -0.1) is 0 Å². The first-order chi connectivity index (χ1) is 6.27. The highest BCUT2D eigenvalue weighted by molar-refractivity contribution is 7.85. The Labute approximate surface area is 84.4 Å². The van der Waals surface area contributed by atoms with Gasteiger partial charge in [0.15, 0.2) is 0 Å². The van der Waals surface area contributed by atoms with Crippen molar-refractivity contribution in [2.75, 3.05) is 12.4 Å². The zero-order chi connectivity index (χ0) is 10.6. The fraction of sp³-hybridized carbons (Fsp3) is 1.00. The van der Waals surface area contributed by atoms with Crippen LogP contribution in [0.2, 0.25) is 0 Å². The lowest BCUT2D eigenvalue weighted by Gasteiger charge is -2.35. The van der Waals surface area contributed by atoms with E-state index in [9.17, 15) is 8.42 Å². The molecule has 82 valence electrons. The van der Waals surface area contributed by atoms with E-state index in [1.165, 1.54) is 0 Å². The van der Waals surface area contributed by atoms with Crippen molar-refractivity contribution in [3.05, 3.63) is 0 Å². The van der Waals surface area contributed by atoms with Crippen molar-refractivity contribution in [1.82, 2.24) is 0 Å². The molecule has 0 amide bonds. The van der Waals surface area contributed by atoms with Gasteiger partial charge in [0.25, 0.3) is 10.1 Å². The molecule has 1 heterocycles. The SMILES string of the molecule is CC1(C)C2CCC1(CS(=O)(=O)O)OC2. The molecule has 1 aliphatic heterocycles. The van der Waals surface area contributed by atoms with Gasteiger partial charge in [-0.1, -0.05) is 13.8 Å². The van der Waals surface area contributed by atoms with E-state index in [4.69, 9.17) is 9.29 Å². The third-order valence-corrected chi connectivity index (χ3v) is 4.90. The topological polar surface area (TPSA) is 63.6 Å². The van der Waals surface area contributed by atoms with Gasteiger partial charge in [-0.25, -0.2) is 0 Å². The molecule has 0 aromatic rings.